The van der Waals surface area contributed by atoms with Crippen LogP contribution in [0.5, 0.6) is 5.75 Å². The maximum atomic E-state index is 12.2. The minimum atomic E-state index is 0.0729. The van der Waals surface area contributed by atoms with Crippen LogP contribution in [0.15, 0.2) is 52.3 Å². The van der Waals surface area contributed by atoms with Crippen LogP contribution in [0.3, 0.4) is 0 Å². The highest BCUT2D eigenvalue weighted by atomic mass is 127. The number of Topliss-reactive ketones (excluding diaryl/α,β-unsaturated/α-hetero) is 1. The second-order valence-corrected chi connectivity index (χ2v) is 6.39. The summed E-state index contributed by atoms with van der Waals surface area (Å²) in [5, 5.41) is 9.50. The van der Waals surface area contributed by atoms with Crippen LogP contribution in [0.1, 0.15) is 15.9 Å². The van der Waals surface area contributed by atoms with Gasteiger partial charge in [0.1, 0.15) is 5.75 Å². The van der Waals surface area contributed by atoms with E-state index in [9.17, 15) is 9.90 Å². The van der Waals surface area contributed by atoms with E-state index in [-0.39, 0.29) is 11.5 Å². The number of halogens is 1. The summed E-state index contributed by atoms with van der Waals surface area (Å²) in [5.41, 5.74) is 1.69. The van der Waals surface area contributed by atoms with Gasteiger partial charge in [0.2, 0.25) is 5.78 Å². The molecule has 1 aliphatic rings. The maximum Gasteiger partial charge on any atom is 0.200 e. The van der Waals surface area contributed by atoms with Crippen molar-refractivity contribution in [2.24, 2.45) is 0 Å². The van der Waals surface area contributed by atoms with Crippen molar-refractivity contribution in [2.45, 2.75) is 4.90 Å². The minimum Gasteiger partial charge on any atom is -0.507 e. The zero-order valence-electron chi connectivity index (χ0n) is 9.76. The molecule has 2 aromatic rings. The number of allylic oxidation sites excluding steroid dienone is 1. The van der Waals surface area contributed by atoms with Crippen molar-refractivity contribution in [3.63, 3.8) is 0 Å². The Morgan fingerprint density at radius 3 is 2.68 bits per heavy atom. The van der Waals surface area contributed by atoms with Crippen molar-refractivity contribution in [1.29, 1.82) is 0 Å². The molecule has 0 fully saturated rings. The molecule has 2 nitrogen and oxygen atoms in total. The molecule has 0 radical (unpaired) electrons. The number of benzene rings is 2. The number of carbonyl (C=O) groups excluding carboxylic acids is 1. The topological polar surface area (TPSA) is 37.3 Å². The third kappa shape index (κ3) is 2.42. The molecular weight excluding hydrogens is 371 g/mol. The number of rotatable bonds is 1. The second-order valence-electron chi connectivity index (χ2n) is 4.15. The van der Waals surface area contributed by atoms with E-state index in [2.05, 4.69) is 22.6 Å². The molecule has 0 aliphatic carbocycles. The molecule has 1 heterocycles. The van der Waals surface area contributed by atoms with Gasteiger partial charge in [-0.25, -0.2) is 0 Å². The molecule has 0 unspecified atom stereocenters. The third-order valence-electron chi connectivity index (χ3n) is 2.84. The molecule has 2 aromatic carbocycles. The monoisotopic (exact) mass is 380 g/mol. The smallest absolute Gasteiger partial charge is 0.200 e. The van der Waals surface area contributed by atoms with Crippen LogP contribution in [-0.4, -0.2) is 10.9 Å². The minimum absolute atomic E-state index is 0.0729. The number of phenolic OH excluding ortho intramolecular Hbond substituents is 1. The molecule has 0 amide bonds. The van der Waals surface area contributed by atoms with Gasteiger partial charge in [-0.1, -0.05) is 30.0 Å². The molecule has 0 saturated carbocycles. The van der Waals surface area contributed by atoms with E-state index in [1.807, 2.05) is 36.4 Å². The molecule has 1 N–H and O–H groups in total. The molecule has 94 valence electrons. The van der Waals surface area contributed by atoms with E-state index in [1.165, 1.54) is 11.8 Å². The molecular formula is C15H9IO2S. The van der Waals surface area contributed by atoms with Crippen molar-refractivity contribution in [3.8, 4) is 5.75 Å². The van der Waals surface area contributed by atoms with Crippen molar-refractivity contribution in [3.05, 3.63) is 62.1 Å². The normalized spacial score (nSPS) is 15.8. The number of hydrogen-bond donors (Lipinski definition) is 1. The van der Waals surface area contributed by atoms with Crippen molar-refractivity contribution >= 4 is 46.2 Å². The van der Waals surface area contributed by atoms with E-state index >= 15 is 0 Å². The lowest BCUT2D eigenvalue weighted by molar-refractivity contribution is 0.104. The fourth-order valence-electron chi connectivity index (χ4n) is 1.90. The van der Waals surface area contributed by atoms with Gasteiger partial charge >= 0.3 is 0 Å². The van der Waals surface area contributed by atoms with Crippen LogP contribution in [-0.2, 0) is 0 Å². The summed E-state index contributed by atoms with van der Waals surface area (Å²) in [4.78, 5) is 13.9. The van der Waals surface area contributed by atoms with Crippen LogP contribution in [0.2, 0.25) is 0 Å². The van der Waals surface area contributed by atoms with E-state index in [4.69, 9.17) is 0 Å². The Hall–Kier alpha value is -1.27. The number of thioether (sulfide) groups is 1. The molecule has 1 aliphatic heterocycles. The highest BCUT2D eigenvalue weighted by molar-refractivity contribution is 14.1. The number of aromatic hydroxyl groups is 1. The average Bonchev–Trinajstić information content (AvgIpc) is 2.72. The van der Waals surface area contributed by atoms with Gasteiger partial charge < -0.3 is 5.11 Å². The number of phenols is 1. The summed E-state index contributed by atoms with van der Waals surface area (Å²) in [6.45, 7) is 0. The molecule has 4 heteroatoms. The van der Waals surface area contributed by atoms with Crippen LogP contribution >= 0.6 is 34.4 Å². The van der Waals surface area contributed by atoms with E-state index < -0.39 is 0 Å². The first-order valence-corrected chi connectivity index (χ1v) is 7.56. The van der Waals surface area contributed by atoms with Gasteiger partial charge in [-0.05, 0) is 58.5 Å². The standard InChI is InChI=1S/C15H9IO2S/c16-11-7-9(5-6-12(11)17)8-14-15(18)10-3-1-2-4-13(10)19-14/h1-8,17H/b14-8+. The fraction of sp³-hybridized carbons (Fsp3) is 0. The first kappa shape index (κ1) is 12.7. The highest BCUT2D eigenvalue weighted by Crippen LogP contribution is 2.40. The van der Waals surface area contributed by atoms with Gasteiger partial charge in [0.15, 0.2) is 0 Å². The summed E-state index contributed by atoms with van der Waals surface area (Å²) in [6, 6.07) is 12.9. The van der Waals surface area contributed by atoms with Crippen LogP contribution in [0.4, 0.5) is 0 Å². The van der Waals surface area contributed by atoms with Crippen molar-refractivity contribution in [1.82, 2.24) is 0 Å². The molecule has 3 rings (SSSR count). The highest BCUT2D eigenvalue weighted by Gasteiger charge is 2.25. The summed E-state index contributed by atoms with van der Waals surface area (Å²) in [7, 11) is 0. The lowest BCUT2D eigenvalue weighted by atomic mass is 10.1. The molecule has 19 heavy (non-hydrogen) atoms. The Labute approximate surface area is 128 Å². The zero-order valence-corrected chi connectivity index (χ0v) is 12.7. The average molecular weight is 380 g/mol. The quantitative estimate of drug-likeness (QED) is 0.591. The molecule has 0 saturated heterocycles. The Bertz CT molecular complexity index is 707. The van der Waals surface area contributed by atoms with E-state index in [1.54, 1.807) is 12.1 Å². The number of carbonyl (C=O) groups is 1. The Morgan fingerprint density at radius 2 is 1.95 bits per heavy atom. The summed E-state index contributed by atoms with van der Waals surface area (Å²) >= 11 is 3.57. The second kappa shape index (κ2) is 5.02. The lowest BCUT2D eigenvalue weighted by Gasteiger charge is -1.99. The van der Waals surface area contributed by atoms with Gasteiger partial charge in [0, 0.05) is 10.5 Å². The number of ketones is 1. The van der Waals surface area contributed by atoms with Crippen LogP contribution in [0.25, 0.3) is 6.08 Å². The first-order chi connectivity index (χ1) is 9.15. The molecule has 0 bridgehead atoms. The molecule has 0 aromatic heterocycles. The van der Waals surface area contributed by atoms with Crippen molar-refractivity contribution in [2.75, 3.05) is 0 Å². The van der Waals surface area contributed by atoms with Gasteiger partial charge in [-0.2, -0.15) is 0 Å². The van der Waals surface area contributed by atoms with Crippen molar-refractivity contribution < 1.29 is 9.90 Å². The summed E-state index contributed by atoms with van der Waals surface area (Å²) < 4.78 is 0.778. The van der Waals surface area contributed by atoms with Gasteiger partial charge in [-0.15, -0.1) is 0 Å². The van der Waals surface area contributed by atoms with Crippen LogP contribution in [0, 0.1) is 3.57 Å². The number of fused-ring (bicyclic) bond motifs is 1. The first-order valence-electron chi connectivity index (χ1n) is 5.67. The van der Waals surface area contributed by atoms with Gasteiger partial charge in [-0.3, -0.25) is 4.79 Å². The third-order valence-corrected chi connectivity index (χ3v) is 4.81. The maximum absolute atomic E-state index is 12.2. The summed E-state index contributed by atoms with van der Waals surface area (Å²) in [6.07, 6.45) is 1.87. The molecule has 0 spiro atoms. The summed E-state index contributed by atoms with van der Waals surface area (Å²) in [5.74, 6) is 0.333. The predicted octanol–water partition coefficient (Wildman–Crippen LogP) is 4.33. The van der Waals surface area contributed by atoms with Gasteiger partial charge in [0.25, 0.3) is 0 Å². The SMILES string of the molecule is O=C1/C(=C\c2ccc(O)c(I)c2)Sc2ccccc21. The predicted molar refractivity (Wildman–Crippen MR) is 85.4 cm³/mol. The fourth-order valence-corrected chi connectivity index (χ4v) is 3.49. The largest absolute Gasteiger partial charge is 0.507 e. The lowest BCUT2D eigenvalue weighted by Crippen LogP contribution is -1.93. The Balaban J connectivity index is 1.98. The molecule has 0 atom stereocenters. The van der Waals surface area contributed by atoms with E-state index in [0.717, 1.165) is 24.5 Å². The zero-order chi connectivity index (χ0) is 13.4. The Kier molecular flexibility index (Phi) is 3.36. The van der Waals surface area contributed by atoms with Gasteiger partial charge in [0.05, 0.1) is 8.48 Å². The van der Waals surface area contributed by atoms with E-state index in [0.29, 0.717) is 0 Å². The number of hydrogen-bond acceptors (Lipinski definition) is 3. The Morgan fingerprint density at radius 1 is 1.16 bits per heavy atom. The van der Waals surface area contributed by atoms with Crippen LogP contribution < -0.4 is 0 Å².